The highest BCUT2D eigenvalue weighted by molar-refractivity contribution is 7.25. The van der Waals surface area contributed by atoms with Gasteiger partial charge in [0.05, 0.1) is 32.5 Å². The normalized spacial score (nSPS) is 12.1. The van der Waals surface area contributed by atoms with Gasteiger partial charge in [-0.2, -0.15) is 0 Å². The molecule has 0 N–H and O–H groups in total. The number of aromatic nitrogens is 3. The average molecular weight is 516 g/mol. The van der Waals surface area contributed by atoms with E-state index in [1.54, 1.807) is 11.3 Å². The quantitative estimate of drug-likeness (QED) is 0.225. The highest BCUT2D eigenvalue weighted by Crippen LogP contribution is 2.43. The maximum absolute atomic E-state index is 4.76. The lowest BCUT2D eigenvalue weighted by Gasteiger charge is -2.14. The van der Waals surface area contributed by atoms with E-state index in [0.717, 1.165) is 10.5 Å². The predicted octanol–water partition coefficient (Wildman–Crippen LogP) is 9.64. The molecule has 5 aromatic carbocycles. The number of pyridine rings is 1. The second-order valence-corrected chi connectivity index (χ2v) is 11.0. The van der Waals surface area contributed by atoms with Gasteiger partial charge in [-0.15, -0.1) is 11.3 Å². The molecule has 9 aromatic rings. The number of para-hydroxylation sites is 4. The summed E-state index contributed by atoms with van der Waals surface area (Å²) in [4.78, 5) is 5.82. The second-order valence-electron chi connectivity index (χ2n) is 10.0. The largest absolute Gasteiger partial charge is 0.309 e. The van der Waals surface area contributed by atoms with Gasteiger partial charge in [0, 0.05) is 44.2 Å². The monoisotopic (exact) mass is 515 g/mol. The van der Waals surface area contributed by atoms with Crippen molar-refractivity contribution in [2.75, 3.05) is 0 Å². The van der Waals surface area contributed by atoms with Crippen LogP contribution in [-0.2, 0) is 0 Å². The summed E-state index contributed by atoms with van der Waals surface area (Å²) in [6.07, 6.45) is 1.89. The molecular formula is C35H21N3S. The number of thiophene rings is 1. The zero-order valence-electron chi connectivity index (χ0n) is 20.9. The van der Waals surface area contributed by atoms with Crippen molar-refractivity contribution in [2.45, 2.75) is 0 Å². The molecule has 0 radical (unpaired) electrons. The molecule has 0 atom stereocenters. The molecule has 0 unspecified atom stereocenters. The van der Waals surface area contributed by atoms with Crippen molar-refractivity contribution in [1.82, 2.24) is 14.1 Å². The first-order valence-corrected chi connectivity index (χ1v) is 14.0. The first-order chi connectivity index (χ1) is 19.4. The van der Waals surface area contributed by atoms with Gasteiger partial charge in [-0.1, -0.05) is 72.8 Å². The van der Waals surface area contributed by atoms with Crippen LogP contribution in [-0.4, -0.2) is 14.1 Å². The topological polar surface area (TPSA) is 22.8 Å². The van der Waals surface area contributed by atoms with Crippen LogP contribution in [0.2, 0.25) is 0 Å². The van der Waals surface area contributed by atoms with Crippen molar-refractivity contribution in [3.05, 3.63) is 128 Å². The van der Waals surface area contributed by atoms with Gasteiger partial charge in [0.1, 0.15) is 4.83 Å². The van der Waals surface area contributed by atoms with Crippen molar-refractivity contribution in [3.8, 4) is 11.4 Å². The summed E-state index contributed by atoms with van der Waals surface area (Å²) in [5.74, 6) is 0. The third kappa shape index (κ3) is 2.84. The predicted molar refractivity (Wildman–Crippen MR) is 166 cm³/mol. The van der Waals surface area contributed by atoms with E-state index in [0.29, 0.717) is 0 Å². The Morgan fingerprint density at radius 2 is 0.949 bits per heavy atom. The van der Waals surface area contributed by atoms with Gasteiger partial charge in [-0.3, -0.25) is 0 Å². The minimum absolute atomic E-state index is 1.06. The SMILES string of the molecule is c1cnc2sc3c(-n4c5ccccc5c5ccccc54)cc(-n4c5ccccc5c5ccccc54)cc3c2c1. The van der Waals surface area contributed by atoms with Crippen LogP contribution < -0.4 is 0 Å². The second kappa shape index (κ2) is 7.79. The number of hydrogen-bond acceptors (Lipinski definition) is 2. The molecule has 0 saturated carbocycles. The van der Waals surface area contributed by atoms with Crippen molar-refractivity contribution >= 4 is 75.3 Å². The van der Waals surface area contributed by atoms with Gasteiger partial charge in [0.15, 0.2) is 0 Å². The van der Waals surface area contributed by atoms with Crippen molar-refractivity contribution in [2.24, 2.45) is 0 Å². The highest BCUT2D eigenvalue weighted by atomic mass is 32.1. The molecular weight excluding hydrogens is 494 g/mol. The van der Waals surface area contributed by atoms with Crippen LogP contribution in [0.5, 0.6) is 0 Å². The van der Waals surface area contributed by atoms with E-state index in [1.807, 2.05) is 12.3 Å². The van der Waals surface area contributed by atoms with Gasteiger partial charge >= 0.3 is 0 Å². The molecule has 0 aliphatic carbocycles. The van der Waals surface area contributed by atoms with Gasteiger partial charge in [-0.05, 0) is 48.5 Å². The van der Waals surface area contributed by atoms with E-state index >= 15 is 0 Å². The fourth-order valence-electron chi connectivity index (χ4n) is 6.36. The molecule has 0 bridgehead atoms. The van der Waals surface area contributed by atoms with Gasteiger partial charge in [-0.25, -0.2) is 4.98 Å². The van der Waals surface area contributed by atoms with Crippen molar-refractivity contribution < 1.29 is 0 Å². The Morgan fingerprint density at radius 1 is 0.462 bits per heavy atom. The minimum Gasteiger partial charge on any atom is -0.309 e. The van der Waals surface area contributed by atoms with Crippen LogP contribution in [0.3, 0.4) is 0 Å². The first-order valence-electron chi connectivity index (χ1n) is 13.2. The summed E-state index contributed by atoms with van der Waals surface area (Å²) in [5, 5.41) is 7.50. The van der Waals surface area contributed by atoms with Crippen molar-refractivity contribution in [1.29, 1.82) is 0 Å². The lowest BCUT2D eigenvalue weighted by atomic mass is 10.1. The van der Waals surface area contributed by atoms with E-state index in [9.17, 15) is 0 Å². The summed E-state index contributed by atoms with van der Waals surface area (Å²) in [7, 11) is 0. The Balaban J connectivity index is 1.50. The average Bonchev–Trinajstić information content (AvgIpc) is 3.65. The summed E-state index contributed by atoms with van der Waals surface area (Å²) in [6, 6.07) is 43.9. The van der Waals surface area contributed by atoms with Crippen molar-refractivity contribution in [3.63, 3.8) is 0 Å². The fourth-order valence-corrected chi connectivity index (χ4v) is 7.49. The number of benzene rings is 5. The van der Waals surface area contributed by atoms with Gasteiger partial charge < -0.3 is 9.13 Å². The Hall–Kier alpha value is -4.93. The molecule has 4 heteroatoms. The van der Waals surface area contributed by atoms with E-state index in [-0.39, 0.29) is 0 Å². The lowest BCUT2D eigenvalue weighted by Crippen LogP contribution is -1.99. The minimum atomic E-state index is 1.06. The lowest BCUT2D eigenvalue weighted by molar-refractivity contribution is 1.15. The molecule has 39 heavy (non-hydrogen) atoms. The smallest absolute Gasteiger partial charge is 0.124 e. The third-order valence-corrected chi connectivity index (χ3v) is 9.13. The van der Waals surface area contributed by atoms with Crippen LogP contribution in [0.1, 0.15) is 0 Å². The van der Waals surface area contributed by atoms with E-state index in [2.05, 4.69) is 124 Å². The van der Waals surface area contributed by atoms with Crippen LogP contribution in [0.25, 0.3) is 75.3 Å². The van der Waals surface area contributed by atoms with Gasteiger partial charge in [0.25, 0.3) is 0 Å². The molecule has 4 aromatic heterocycles. The molecule has 9 rings (SSSR count). The Labute approximate surface area is 227 Å². The summed E-state index contributed by atoms with van der Waals surface area (Å²) in [5.41, 5.74) is 7.19. The molecule has 3 nitrogen and oxygen atoms in total. The zero-order valence-corrected chi connectivity index (χ0v) is 21.7. The summed E-state index contributed by atoms with van der Waals surface area (Å²) in [6.45, 7) is 0. The molecule has 0 saturated heterocycles. The molecule has 0 amide bonds. The van der Waals surface area contributed by atoms with Crippen LogP contribution in [0.15, 0.2) is 128 Å². The summed E-state index contributed by atoms with van der Waals surface area (Å²) < 4.78 is 6.11. The van der Waals surface area contributed by atoms with E-state index in [4.69, 9.17) is 4.98 Å². The van der Waals surface area contributed by atoms with E-state index in [1.165, 1.54) is 64.8 Å². The Bertz CT molecular complexity index is 2300. The fraction of sp³-hybridized carbons (Fsp3) is 0. The Kier molecular flexibility index (Phi) is 4.21. The maximum Gasteiger partial charge on any atom is 0.124 e. The van der Waals surface area contributed by atoms with E-state index < -0.39 is 0 Å². The molecule has 0 spiro atoms. The van der Waals surface area contributed by atoms with Crippen LogP contribution >= 0.6 is 11.3 Å². The zero-order chi connectivity index (χ0) is 25.5. The molecule has 0 fully saturated rings. The standard InChI is InChI=1S/C35H21N3S/c1-5-15-29-23(10-1)24-11-2-6-16-30(24)37(29)22-20-28-27-14-9-19-36-35(27)39-34(28)33(21-22)38-31-17-7-3-12-25(31)26-13-4-8-18-32(26)38/h1-21H. The Morgan fingerprint density at radius 3 is 1.51 bits per heavy atom. The van der Waals surface area contributed by atoms with Crippen LogP contribution in [0, 0.1) is 0 Å². The van der Waals surface area contributed by atoms with Crippen LogP contribution in [0.4, 0.5) is 0 Å². The molecule has 182 valence electrons. The number of fused-ring (bicyclic) bond motifs is 9. The molecule has 0 aliphatic rings. The summed E-state index contributed by atoms with van der Waals surface area (Å²) >= 11 is 1.78. The maximum atomic E-state index is 4.76. The first kappa shape index (κ1) is 21.1. The third-order valence-electron chi connectivity index (χ3n) is 7.97. The molecule has 4 heterocycles. The molecule has 0 aliphatic heterocycles. The van der Waals surface area contributed by atoms with Gasteiger partial charge in [0.2, 0.25) is 0 Å². The highest BCUT2D eigenvalue weighted by Gasteiger charge is 2.20. The number of nitrogens with zero attached hydrogens (tertiary/aromatic N) is 3. The number of rotatable bonds is 2. The number of hydrogen-bond donors (Lipinski definition) is 0.